The molecule has 0 bridgehead atoms. The first-order valence-electron chi connectivity index (χ1n) is 36.2. The van der Waals surface area contributed by atoms with E-state index in [0.29, 0.717) is 25.9 Å². The molecule has 3 N–H and O–H groups in total. The highest BCUT2D eigenvalue weighted by Gasteiger charge is 2.20. The van der Waals surface area contributed by atoms with Gasteiger partial charge in [-0.05, 0) is 83.5 Å². The standard InChI is InChI=1S/C74H141NO5/c1-3-5-7-9-11-13-15-17-19-21-31-36-40-44-48-52-56-60-64-68-74(79)80-69-65-61-57-53-49-45-41-37-33-30-28-26-24-22-23-25-27-29-32-35-39-43-47-51-55-59-63-67-73(78)75-71(70-76)72(77)66-62-58-54-50-46-42-38-34-20-18-16-14-12-10-8-6-4-2/h17,19,22-23,26,28,71-72,76-77H,3-16,18,20-21,24-25,27,29-70H2,1-2H3,(H,75,78)/b19-17-,23-22-,28-26-. The Morgan fingerprint density at radius 1 is 0.350 bits per heavy atom. The minimum absolute atomic E-state index is 0.0108. The molecule has 0 aromatic heterocycles. The van der Waals surface area contributed by atoms with Gasteiger partial charge in [-0.1, -0.05) is 339 Å². The third-order valence-electron chi connectivity index (χ3n) is 16.9. The van der Waals surface area contributed by atoms with Crippen LogP contribution in [0.5, 0.6) is 0 Å². The van der Waals surface area contributed by atoms with Crippen molar-refractivity contribution in [2.24, 2.45) is 0 Å². The highest BCUT2D eigenvalue weighted by atomic mass is 16.5. The third kappa shape index (κ3) is 65.2. The Bertz CT molecular complexity index is 1300. The lowest BCUT2D eigenvalue weighted by atomic mass is 10.0. The van der Waals surface area contributed by atoms with Gasteiger partial charge in [-0.3, -0.25) is 9.59 Å². The van der Waals surface area contributed by atoms with Crippen molar-refractivity contribution < 1.29 is 24.5 Å². The van der Waals surface area contributed by atoms with Crippen LogP contribution in [0.15, 0.2) is 36.5 Å². The van der Waals surface area contributed by atoms with Gasteiger partial charge in [0.05, 0.1) is 25.4 Å². The van der Waals surface area contributed by atoms with E-state index in [-0.39, 0.29) is 18.5 Å². The van der Waals surface area contributed by atoms with E-state index in [0.717, 1.165) is 51.4 Å². The zero-order chi connectivity index (χ0) is 57.8. The van der Waals surface area contributed by atoms with Crippen molar-refractivity contribution in [1.82, 2.24) is 5.32 Å². The molecule has 0 heterocycles. The van der Waals surface area contributed by atoms with Gasteiger partial charge < -0.3 is 20.3 Å². The van der Waals surface area contributed by atoms with E-state index in [1.807, 2.05) is 0 Å². The van der Waals surface area contributed by atoms with Crippen molar-refractivity contribution in [3.05, 3.63) is 36.5 Å². The Morgan fingerprint density at radius 3 is 0.963 bits per heavy atom. The predicted molar refractivity (Wildman–Crippen MR) is 352 cm³/mol. The Kier molecular flexibility index (Phi) is 67.9. The highest BCUT2D eigenvalue weighted by Crippen LogP contribution is 2.19. The van der Waals surface area contributed by atoms with Gasteiger partial charge in [-0.15, -0.1) is 0 Å². The monoisotopic (exact) mass is 1120 g/mol. The molecule has 0 aliphatic rings. The summed E-state index contributed by atoms with van der Waals surface area (Å²) in [7, 11) is 0. The van der Waals surface area contributed by atoms with Crippen molar-refractivity contribution in [2.75, 3.05) is 13.2 Å². The maximum absolute atomic E-state index is 12.5. The first-order valence-corrected chi connectivity index (χ1v) is 36.2. The normalized spacial score (nSPS) is 12.7. The summed E-state index contributed by atoms with van der Waals surface area (Å²) in [5.41, 5.74) is 0. The van der Waals surface area contributed by atoms with E-state index in [4.69, 9.17) is 4.74 Å². The first kappa shape index (κ1) is 78.1. The first-order chi connectivity index (χ1) is 39.5. The Labute approximate surface area is 500 Å². The summed E-state index contributed by atoms with van der Waals surface area (Å²) < 4.78 is 5.50. The summed E-state index contributed by atoms with van der Waals surface area (Å²) >= 11 is 0. The number of ether oxygens (including phenoxy) is 1. The van der Waals surface area contributed by atoms with E-state index in [9.17, 15) is 19.8 Å². The van der Waals surface area contributed by atoms with Crippen LogP contribution >= 0.6 is 0 Å². The highest BCUT2D eigenvalue weighted by molar-refractivity contribution is 5.76. The fourth-order valence-electron chi connectivity index (χ4n) is 11.4. The van der Waals surface area contributed by atoms with E-state index in [1.165, 1.54) is 315 Å². The molecule has 0 saturated heterocycles. The molecule has 0 radical (unpaired) electrons. The van der Waals surface area contributed by atoms with Crippen LogP contribution in [0.2, 0.25) is 0 Å². The average Bonchev–Trinajstić information content (AvgIpc) is 3.46. The Morgan fingerprint density at radius 2 is 0.625 bits per heavy atom. The number of hydrogen-bond donors (Lipinski definition) is 3. The number of aliphatic hydroxyl groups excluding tert-OH is 2. The summed E-state index contributed by atoms with van der Waals surface area (Å²) in [6, 6.07) is -0.545. The van der Waals surface area contributed by atoms with Crippen molar-refractivity contribution in [3.8, 4) is 0 Å². The molecule has 0 saturated carbocycles. The molecule has 0 rings (SSSR count). The zero-order valence-electron chi connectivity index (χ0n) is 54.1. The van der Waals surface area contributed by atoms with Crippen molar-refractivity contribution >= 4 is 11.9 Å². The number of amides is 1. The molecule has 2 unspecified atom stereocenters. The lowest BCUT2D eigenvalue weighted by molar-refractivity contribution is -0.143. The van der Waals surface area contributed by atoms with E-state index in [1.54, 1.807) is 0 Å². The second-order valence-electron chi connectivity index (χ2n) is 24.9. The van der Waals surface area contributed by atoms with Crippen molar-refractivity contribution in [3.63, 3.8) is 0 Å². The Balaban J connectivity index is 3.40. The molecule has 0 aromatic carbocycles. The minimum Gasteiger partial charge on any atom is -0.466 e. The second kappa shape index (κ2) is 69.6. The maximum Gasteiger partial charge on any atom is 0.305 e. The third-order valence-corrected chi connectivity index (χ3v) is 16.9. The number of aliphatic hydroxyl groups is 2. The second-order valence-corrected chi connectivity index (χ2v) is 24.9. The van der Waals surface area contributed by atoms with Gasteiger partial charge in [0.25, 0.3) is 0 Å². The molecule has 6 heteroatoms. The summed E-state index contributed by atoms with van der Waals surface area (Å²) in [5, 5.41) is 23.4. The quantitative estimate of drug-likeness (QED) is 0.0320. The zero-order valence-corrected chi connectivity index (χ0v) is 54.1. The molecule has 0 aliphatic heterocycles. The van der Waals surface area contributed by atoms with E-state index in [2.05, 4.69) is 55.6 Å². The van der Waals surface area contributed by atoms with Crippen LogP contribution in [0, 0.1) is 0 Å². The van der Waals surface area contributed by atoms with E-state index < -0.39 is 12.1 Å². The number of carbonyl (C=O) groups excluding carboxylic acids is 2. The molecule has 0 fully saturated rings. The number of rotatable bonds is 68. The topological polar surface area (TPSA) is 95.9 Å². The van der Waals surface area contributed by atoms with Gasteiger partial charge in [-0.25, -0.2) is 0 Å². The molecule has 0 spiro atoms. The van der Waals surface area contributed by atoms with Gasteiger partial charge in [0.2, 0.25) is 5.91 Å². The predicted octanol–water partition coefficient (Wildman–Crippen LogP) is 23.5. The average molecular weight is 1120 g/mol. The van der Waals surface area contributed by atoms with Crippen LogP contribution in [-0.4, -0.2) is 47.4 Å². The van der Waals surface area contributed by atoms with Gasteiger partial charge in [-0.2, -0.15) is 0 Å². The van der Waals surface area contributed by atoms with Crippen molar-refractivity contribution in [2.45, 2.75) is 411 Å². The molecular weight excluding hydrogens is 983 g/mol. The molecule has 6 nitrogen and oxygen atoms in total. The van der Waals surface area contributed by atoms with Crippen molar-refractivity contribution in [1.29, 1.82) is 0 Å². The van der Waals surface area contributed by atoms with Crippen LogP contribution < -0.4 is 5.32 Å². The molecular formula is C74H141NO5. The van der Waals surface area contributed by atoms with Gasteiger partial charge in [0.1, 0.15) is 0 Å². The summed E-state index contributed by atoms with van der Waals surface area (Å²) in [6.07, 6.45) is 89.1. The van der Waals surface area contributed by atoms with Crippen LogP contribution in [0.4, 0.5) is 0 Å². The molecule has 0 aliphatic carbocycles. The van der Waals surface area contributed by atoms with Crippen LogP contribution in [0.25, 0.3) is 0 Å². The lowest BCUT2D eigenvalue weighted by Crippen LogP contribution is -2.45. The molecule has 1 amide bonds. The number of allylic oxidation sites excluding steroid dienone is 6. The fourth-order valence-corrected chi connectivity index (χ4v) is 11.4. The summed E-state index contributed by atoms with van der Waals surface area (Å²) in [6.45, 7) is 4.98. The SMILES string of the molecule is CCCCCCCC/C=C\CCCCCCCCCCCC(=O)OCCCCCCCCCCC/C=C\C/C=C\CCCCCCCCCCCCCC(=O)NC(CO)C(O)CCCCCCCCCCCCCCCCCCC. The van der Waals surface area contributed by atoms with Gasteiger partial charge >= 0.3 is 5.97 Å². The number of nitrogens with one attached hydrogen (secondary N) is 1. The fraction of sp³-hybridized carbons (Fsp3) is 0.892. The van der Waals surface area contributed by atoms with Crippen LogP contribution in [0.1, 0.15) is 399 Å². The van der Waals surface area contributed by atoms with Gasteiger partial charge in [0.15, 0.2) is 0 Å². The number of esters is 1. The minimum atomic E-state index is -0.667. The number of unbranched alkanes of at least 4 members (excludes halogenated alkanes) is 51. The summed E-state index contributed by atoms with van der Waals surface area (Å²) in [5.74, 6) is -0.0242. The maximum atomic E-state index is 12.5. The van der Waals surface area contributed by atoms with E-state index >= 15 is 0 Å². The molecule has 472 valence electrons. The lowest BCUT2D eigenvalue weighted by Gasteiger charge is -2.22. The molecule has 80 heavy (non-hydrogen) atoms. The largest absolute Gasteiger partial charge is 0.466 e. The molecule has 2 atom stereocenters. The smallest absolute Gasteiger partial charge is 0.305 e. The summed E-state index contributed by atoms with van der Waals surface area (Å²) in [4.78, 5) is 24.6. The number of carbonyl (C=O) groups is 2. The number of hydrogen-bond acceptors (Lipinski definition) is 5. The molecule has 0 aromatic rings. The van der Waals surface area contributed by atoms with Crippen LogP contribution in [-0.2, 0) is 14.3 Å². The van der Waals surface area contributed by atoms with Gasteiger partial charge in [0, 0.05) is 12.8 Å². The van der Waals surface area contributed by atoms with Crippen LogP contribution in [0.3, 0.4) is 0 Å². The Hall–Kier alpha value is -1.92.